The van der Waals surface area contributed by atoms with E-state index in [4.69, 9.17) is 4.98 Å². The SMILES string of the molecule is C=CCN(C[C@@H](Cc1ccc(O)cc1)N(C)C)c1nc(Cc2cc3ccccc3s2)cc(=O)[nH]1. The maximum atomic E-state index is 12.5. The summed E-state index contributed by atoms with van der Waals surface area (Å²) in [7, 11) is 4.09. The minimum absolute atomic E-state index is 0.157. The molecular formula is C27H30N4O2S. The van der Waals surface area contributed by atoms with Gasteiger partial charge in [-0.2, -0.15) is 0 Å². The van der Waals surface area contributed by atoms with E-state index in [9.17, 15) is 9.90 Å². The molecule has 0 saturated heterocycles. The molecule has 4 aromatic rings. The molecule has 0 spiro atoms. The molecular weight excluding hydrogens is 444 g/mol. The average Bonchev–Trinajstić information content (AvgIpc) is 3.21. The van der Waals surface area contributed by atoms with Gasteiger partial charge >= 0.3 is 0 Å². The van der Waals surface area contributed by atoms with Gasteiger partial charge in [0, 0.05) is 41.2 Å². The number of anilines is 1. The summed E-state index contributed by atoms with van der Waals surface area (Å²) in [5, 5.41) is 10.8. The number of hydrogen-bond donors (Lipinski definition) is 2. The molecule has 0 aliphatic carbocycles. The van der Waals surface area contributed by atoms with Crippen LogP contribution in [0.3, 0.4) is 0 Å². The fraction of sp³-hybridized carbons (Fsp3) is 0.259. The smallest absolute Gasteiger partial charge is 0.252 e. The Morgan fingerprint density at radius 3 is 2.62 bits per heavy atom. The molecule has 7 heteroatoms. The number of nitrogens with one attached hydrogen (secondary N) is 1. The van der Waals surface area contributed by atoms with Gasteiger partial charge in [0.2, 0.25) is 5.95 Å². The zero-order valence-electron chi connectivity index (χ0n) is 19.6. The van der Waals surface area contributed by atoms with E-state index in [0.29, 0.717) is 25.5 Å². The molecule has 0 aliphatic rings. The number of thiophene rings is 1. The van der Waals surface area contributed by atoms with Crippen LogP contribution in [0.4, 0.5) is 5.95 Å². The van der Waals surface area contributed by atoms with E-state index in [1.807, 2.05) is 44.4 Å². The van der Waals surface area contributed by atoms with Crippen molar-refractivity contribution in [3.8, 4) is 5.75 Å². The first-order valence-corrected chi connectivity index (χ1v) is 12.1. The highest BCUT2D eigenvalue weighted by Gasteiger charge is 2.19. The molecule has 4 rings (SSSR count). The van der Waals surface area contributed by atoms with Gasteiger partial charge in [-0.05, 0) is 55.7 Å². The zero-order valence-corrected chi connectivity index (χ0v) is 20.4. The van der Waals surface area contributed by atoms with E-state index in [1.54, 1.807) is 29.5 Å². The molecule has 0 unspecified atom stereocenters. The molecule has 176 valence electrons. The Bertz CT molecular complexity index is 1280. The van der Waals surface area contributed by atoms with Gasteiger partial charge in [-0.25, -0.2) is 4.98 Å². The Kier molecular flexibility index (Phi) is 7.45. The minimum atomic E-state index is -0.157. The van der Waals surface area contributed by atoms with Gasteiger partial charge in [-0.1, -0.05) is 36.4 Å². The summed E-state index contributed by atoms with van der Waals surface area (Å²) in [5.74, 6) is 0.816. The first kappa shape index (κ1) is 23.7. The van der Waals surface area contributed by atoms with E-state index in [1.165, 1.54) is 15.0 Å². The van der Waals surface area contributed by atoms with Gasteiger partial charge in [0.1, 0.15) is 5.75 Å². The quantitative estimate of drug-likeness (QED) is 0.332. The van der Waals surface area contributed by atoms with Crippen molar-refractivity contribution in [1.82, 2.24) is 14.9 Å². The van der Waals surface area contributed by atoms with E-state index in [-0.39, 0.29) is 17.4 Å². The summed E-state index contributed by atoms with van der Waals surface area (Å²) in [5.41, 5.74) is 1.73. The molecule has 2 aromatic carbocycles. The Morgan fingerprint density at radius 1 is 1.15 bits per heavy atom. The zero-order chi connectivity index (χ0) is 24.1. The van der Waals surface area contributed by atoms with Gasteiger partial charge < -0.3 is 14.9 Å². The first-order valence-electron chi connectivity index (χ1n) is 11.3. The van der Waals surface area contributed by atoms with Crippen molar-refractivity contribution in [2.75, 3.05) is 32.1 Å². The Hall–Kier alpha value is -3.42. The lowest BCUT2D eigenvalue weighted by Gasteiger charge is -2.31. The molecule has 0 radical (unpaired) electrons. The molecule has 0 bridgehead atoms. The minimum Gasteiger partial charge on any atom is -0.508 e. The number of aromatic nitrogens is 2. The van der Waals surface area contributed by atoms with E-state index in [2.05, 4.69) is 39.6 Å². The largest absolute Gasteiger partial charge is 0.508 e. The number of phenols is 1. The summed E-state index contributed by atoms with van der Waals surface area (Å²) < 4.78 is 1.24. The Morgan fingerprint density at radius 2 is 1.91 bits per heavy atom. The predicted octanol–water partition coefficient (Wildman–Crippen LogP) is 4.45. The maximum absolute atomic E-state index is 12.5. The van der Waals surface area contributed by atoms with E-state index >= 15 is 0 Å². The first-order chi connectivity index (χ1) is 16.4. The van der Waals surface area contributed by atoms with Crippen LogP contribution < -0.4 is 10.5 Å². The number of phenolic OH excluding ortho intramolecular Hbond substituents is 1. The molecule has 6 nitrogen and oxygen atoms in total. The lowest BCUT2D eigenvalue weighted by molar-refractivity contribution is 0.293. The second-order valence-corrected chi connectivity index (χ2v) is 9.84. The topological polar surface area (TPSA) is 72.5 Å². The molecule has 0 fully saturated rings. The summed E-state index contributed by atoms with van der Waals surface area (Å²) in [4.78, 5) is 25.7. The summed E-state index contributed by atoms with van der Waals surface area (Å²) in [6, 6.07) is 19.5. The highest BCUT2D eigenvalue weighted by molar-refractivity contribution is 7.19. The molecule has 1 atom stereocenters. The van der Waals surface area contributed by atoms with Gasteiger partial charge in [-0.15, -0.1) is 17.9 Å². The number of H-pyrrole nitrogens is 1. The van der Waals surface area contributed by atoms with Gasteiger partial charge in [0.15, 0.2) is 0 Å². The number of nitrogens with zero attached hydrogens (tertiary/aromatic N) is 3. The number of likely N-dealkylation sites (N-methyl/N-ethyl adjacent to an activating group) is 1. The van der Waals surface area contributed by atoms with Gasteiger partial charge in [-0.3, -0.25) is 9.78 Å². The fourth-order valence-corrected chi connectivity index (χ4v) is 5.09. The van der Waals surface area contributed by atoms with Crippen LogP contribution in [-0.2, 0) is 12.8 Å². The van der Waals surface area contributed by atoms with Crippen LogP contribution in [0, 0.1) is 0 Å². The highest BCUT2D eigenvalue weighted by atomic mass is 32.1. The van der Waals surface area contributed by atoms with Crippen molar-refractivity contribution in [3.63, 3.8) is 0 Å². The average molecular weight is 475 g/mol. The Labute approximate surface area is 203 Å². The molecule has 0 saturated carbocycles. The maximum Gasteiger partial charge on any atom is 0.252 e. The Balaban J connectivity index is 1.57. The monoisotopic (exact) mass is 474 g/mol. The number of aromatic hydroxyl groups is 1. The van der Waals surface area contributed by atoms with Crippen molar-refractivity contribution in [2.45, 2.75) is 18.9 Å². The molecule has 0 aliphatic heterocycles. The predicted molar refractivity (Wildman–Crippen MR) is 141 cm³/mol. The lowest BCUT2D eigenvalue weighted by Crippen LogP contribution is -2.43. The molecule has 34 heavy (non-hydrogen) atoms. The normalized spacial score (nSPS) is 12.2. The summed E-state index contributed by atoms with van der Waals surface area (Å²) in [6.45, 7) is 5.13. The molecule has 2 N–H and O–H groups in total. The van der Waals surface area contributed by atoms with Crippen molar-refractivity contribution in [2.24, 2.45) is 0 Å². The third kappa shape index (κ3) is 5.92. The number of rotatable bonds is 10. The molecule has 2 heterocycles. The van der Waals surface area contributed by atoms with Crippen LogP contribution in [0.5, 0.6) is 5.75 Å². The number of aromatic amines is 1. The van der Waals surface area contributed by atoms with Crippen LogP contribution in [0.1, 0.15) is 16.1 Å². The van der Waals surface area contributed by atoms with E-state index in [0.717, 1.165) is 17.7 Å². The van der Waals surface area contributed by atoms with Crippen LogP contribution in [0.2, 0.25) is 0 Å². The highest BCUT2D eigenvalue weighted by Crippen LogP contribution is 2.27. The summed E-state index contributed by atoms with van der Waals surface area (Å²) >= 11 is 1.73. The third-order valence-corrected chi connectivity index (χ3v) is 6.95. The molecule has 0 amide bonds. The van der Waals surface area contributed by atoms with Gasteiger partial charge in [0.05, 0.1) is 5.69 Å². The number of fused-ring (bicyclic) bond motifs is 1. The second kappa shape index (κ2) is 10.7. The van der Waals surface area contributed by atoms with E-state index < -0.39 is 0 Å². The molecule has 2 aromatic heterocycles. The van der Waals surface area contributed by atoms with Crippen LogP contribution in [0.15, 0.2) is 78.1 Å². The van der Waals surface area contributed by atoms with Crippen molar-refractivity contribution in [1.29, 1.82) is 0 Å². The second-order valence-electron chi connectivity index (χ2n) is 8.67. The number of benzene rings is 2. The van der Waals surface area contributed by atoms with Crippen molar-refractivity contribution >= 4 is 27.4 Å². The van der Waals surface area contributed by atoms with Gasteiger partial charge in [0.25, 0.3) is 5.56 Å². The van der Waals surface area contributed by atoms with Crippen molar-refractivity contribution < 1.29 is 5.11 Å². The van der Waals surface area contributed by atoms with Crippen LogP contribution in [-0.4, -0.2) is 53.2 Å². The third-order valence-electron chi connectivity index (χ3n) is 5.83. The van der Waals surface area contributed by atoms with Crippen molar-refractivity contribution in [3.05, 3.63) is 99.8 Å². The fourth-order valence-electron chi connectivity index (χ4n) is 4.01. The lowest BCUT2D eigenvalue weighted by atomic mass is 10.0. The van der Waals surface area contributed by atoms with Crippen LogP contribution >= 0.6 is 11.3 Å². The standard InChI is InChI=1S/C27H30N4O2S/c1-4-13-31(18-22(30(2)3)14-19-9-11-23(32)12-10-19)27-28-21(17-26(33)29-27)16-24-15-20-7-5-6-8-25(20)34-24/h4-12,15,17,22,32H,1,13-14,16,18H2,2-3H3,(H,28,29,33)/t22-/m1/s1. The van der Waals surface area contributed by atoms with Crippen LogP contribution in [0.25, 0.3) is 10.1 Å². The summed E-state index contributed by atoms with van der Waals surface area (Å²) in [6.07, 6.45) is 3.24. The number of hydrogen-bond acceptors (Lipinski definition) is 6.